The molecule has 76 valence electrons. The molecule has 0 radical (unpaired) electrons. The first kappa shape index (κ1) is 10.3. The quantitative estimate of drug-likeness (QED) is 0.614. The van der Waals surface area contributed by atoms with E-state index in [4.69, 9.17) is 15.6 Å². The number of aliphatic hydroxyl groups excluding tert-OH is 1. The first-order valence-corrected chi connectivity index (χ1v) is 4.48. The van der Waals surface area contributed by atoms with E-state index in [-0.39, 0.29) is 24.8 Å². The van der Waals surface area contributed by atoms with Gasteiger partial charge in [-0.3, -0.25) is 0 Å². The molecule has 1 heterocycles. The molecule has 1 aliphatic rings. The molecule has 1 rings (SSSR count). The number of nitrogens with two attached hydrogens (primary N) is 1. The predicted molar refractivity (Wildman–Crippen MR) is 47.2 cm³/mol. The second kappa shape index (κ2) is 4.43. The van der Waals surface area contributed by atoms with Crippen molar-refractivity contribution in [2.45, 2.75) is 25.4 Å². The molecule has 13 heavy (non-hydrogen) atoms. The van der Waals surface area contributed by atoms with Crippen LogP contribution in [0, 0.1) is 0 Å². The molecule has 1 saturated heterocycles. The molecule has 5 nitrogen and oxygen atoms in total. The van der Waals surface area contributed by atoms with Gasteiger partial charge in [-0.25, -0.2) is 4.79 Å². The monoisotopic (exact) mass is 188 g/mol. The molecule has 0 aromatic rings. The van der Waals surface area contributed by atoms with Crippen molar-refractivity contribution in [3.8, 4) is 0 Å². The highest BCUT2D eigenvalue weighted by Crippen LogP contribution is 2.16. The first-order chi connectivity index (χ1) is 6.19. The molecule has 1 amide bonds. The van der Waals surface area contributed by atoms with Crippen LogP contribution in [0.4, 0.5) is 4.79 Å². The lowest BCUT2D eigenvalue weighted by atomic mass is 10.2. The van der Waals surface area contributed by atoms with Crippen molar-refractivity contribution >= 4 is 6.09 Å². The Balaban J connectivity index is 2.52. The van der Waals surface area contributed by atoms with Crippen LogP contribution in [0.3, 0.4) is 0 Å². The van der Waals surface area contributed by atoms with Crippen LogP contribution < -0.4 is 5.73 Å². The van der Waals surface area contributed by atoms with Gasteiger partial charge in [-0.15, -0.1) is 0 Å². The lowest BCUT2D eigenvalue weighted by Gasteiger charge is -2.21. The van der Waals surface area contributed by atoms with Gasteiger partial charge in [-0.1, -0.05) is 0 Å². The summed E-state index contributed by atoms with van der Waals surface area (Å²) in [6.45, 7) is 2.53. The zero-order valence-corrected chi connectivity index (χ0v) is 7.77. The predicted octanol–water partition coefficient (Wildman–Crippen LogP) is -0.463. The fourth-order valence-corrected chi connectivity index (χ4v) is 1.56. The Morgan fingerprint density at radius 1 is 1.77 bits per heavy atom. The summed E-state index contributed by atoms with van der Waals surface area (Å²) in [5.74, 6) is 0. The average molecular weight is 188 g/mol. The van der Waals surface area contributed by atoms with E-state index >= 15 is 0 Å². The number of carbonyl (C=O) groups is 1. The number of rotatable bonds is 2. The SMILES string of the molecule is CCOC(=O)N1C[C@H](N)C[C@@H]1CO. The third-order valence-corrected chi connectivity index (χ3v) is 2.16. The first-order valence-electron chi connectivity index (χ1n) is 4.48. The number of likely N-dealkylation sites (tertiary alicyclic amines) is 1. The molecule has 1 fully saturated rings. The van der Waals surface area contributed by atoms with Crippen molar-refractivity contribution in [1.29, 1.82) is 0 Å². The molecule has 1 aliphatic heterocycles. The lowest BCUT2D eigenvalue weighted by Crippen LogP contribution is -2.38. The fraction of sp³-hybridized carbons (Fsp3) is 0.875. The van der Waals surface area contributed by atoms with Crippen molar-refractivity contribution in [3.63, 3.8) is 0 Å². The van der Waals surface area contributed by atoms with Gasteiger partial charge in [0.2, 0.25) is 0 Å². The van der Waals surface area contributed by atoms with Crippen LogP contribution in [-0.4, -0.2) is 47.9 Å². The van der Waals surface area contributed by atoms with Crippen molar-refractivity contribution < 1.29 is 14.6 Å². The highest BCUT2D eigenvalue weighted by atomic mass is 16.6. The Hall–Kier alpha value is -0.810. The van der Waals surface area contributed by atoms with Crippen LogP contribution in [-0.2, 0) is 4.74 Å². The van der Waals surface area contributed by atoms with Crippen LogP contribution in [0.25, 0.3) is 0 Å². The minimum Gasteiger partial charge on any atom is -0.450 e. The van der Waals surface area contributed by atoms with E-state index in [9.17, 15) is 4.79 Å². The summed E-state index contributed by atoms with van der Waals surface area (Å²) in [4.78, 5) is 12.8. The summed E-state index contributed by atoms with van der Waals surface area (Å²) in [5.41, 5.74) is 5.66. The van der Waals surface area contributed by atoms with Gasteiger partial charge in [0.15, 0.2) is 0 Å². The van der Waals surface area contributed by atoms with Gasteiger partial charge in [-0.2, -0.15) is 0 Å². The minimum absolute atomic E-state index is 0.0402. The Morgan fingerprint density at radius 3 is 3.00 bits per heavy atom. The van der Waals surface area contributed by atoms with E-state index in [1.165, 1.54) is 4.90 Å². The average Bonchev–Trinajstić information content (AvgIpc) is 2.47. The van der Waals surface area contributed by atoms with Gasteiger partial charge < -0.3 is 20.5 Å². The maximum atomic E-state index is 11.3. The Kier molecular flexibility index (Phi) is 3.50. The summed E-state index contributed by atoms with van der Waals surface area (Å²) in [6, 6.07) is -0.212. The molecular weight excluding hydrogens is 172 g/mol. The highest BCUT2D eigenvalue weighted by Gasteiger charge is 2.33. The zero-order chi connectivity index (χ0) is 9.84. The summed E-state index contributed by atoms with van der Waals surface area (Å²) in [6.07, 6.45) is 0.268. The molecule has 0 saturated carbocycles. The van der Waals surface area contributed by atoms with E-state index in [0.717, 1.165) is 0 Å². The van der Waals surface area contributed by atoms with Gasteiger partial charge in [-0.05, 0) is 13.3 Å². The summed E-state index contributed by atoms with van der Waals surface area (Å²) in [5, 5.41) is 8.97. The van der Waals surface area contributed by atoms with Gasteiger partial charge in [0.1, 0.15) is 0 Å². The standard InChI is InChI=1S/C8H16N2O3/c1-2-13-8(12)10-4-6(9)3-7(10)5-11/h6-7,11H,2-5,9H2,1H3/t6-,7-/m1/s1. The number of amides is 1. The lowest BCUT2D eigenvalue weighted by molar-refractivity contribution is 0.0883. The number of aliphatic hydroxyl groups is 1. The fourth-order valence-electron chi connectivity index (χ4n) is 1.56. The smallest absolute Gasteiger partial charge is 0.410 e. The van der Waals surface area contributed by atoms with Crippen molar-refractivity contribution in [2.75, 3.05) is 19.8 Å². The Morgan fingerprint density at radius 2 is 2.46 bits per heavy atom. The number of nitrogens with zero attached hydrogens (tertiary/aromatic N) is 1. The van der Waals surface area contributed by atoms with E-state index < -0.39 is 0 Å². The molecule has 0 spiro atoms. The molecule has 0 unspecified atom stereocenters. The zero-order valence-electron chi connectivity index (χ0n) is 7.77. The third-order valence-electron chi connectivity index (χ3n) is 2.16. The van der Waals surface area contributed by atoms with Crippen LogP contribution >= 0.6 is 0 Å². The van der Waals surface area contributed by atoms with E-state index in [1.54, 1.807) is 6.92 Å². The van der Waals surface area contributed by atoms with Crippen LogP contribution in [0.15, 0.2) is 0 Å². The van der Waals surface area contributed by atoms with E-state index in [2.05, 4.69) is 0 Å². The van der Waals surface area contributed by atoms with Crippen LogP contribution in [0.1, 0.15) is 13.3 Å². The summed E-state index contributed by atoms with van der Waals surface area (Å²) >= 11 is 0. The molecule has 0 aliphatic carbocycles. The van der Waals surface area contributed by atoms with Crippen molar-refractivity contribution in [1.82, 2.24) is 4.90 Å². The van der Waals surface area contributed by atoms with Gasteiger partial charge in [0, 0.05) is 12.6 Å². The second-order valence-electron chi connectivity index (χ2n) is 3.18. The van der Waals surface area contributed by atoms with E-state index in [1.807, 2.05) is 0 Å². The highest BCUT2D eigenvalue weighted by molar-refractivity contribution is 5.68. The van der Waals surface area contributed by atoms with Gasteiger partial charge in [0.05, 0.1) is 19.3 Å². The van der Waals surface area contributed by atoms with Gasteiger partial charge in [0.25, 0.3) is 0 Å². The molecule has 0 aromatic heterocycles. The molecular formula is C8H16N2O3. The number of carbonyl (C=O) groups excluding carboxylic acids is 1. The minimum atomic E-state index is -0.380. The van der Waals surface area contributed by atoms with Crippen LogP contribution in [0.5, 0.6) is 0 Å². The molecule has 2 atom stereocenters. The van der Waals surface area contributed by atoms with Crippen LogP contribution in [0.2, 0.25) is 0 Å². The van der Waals surface area contributed by atoms with Crippen molar-refractivity contribution in [3.05, 3.63) is 0 Å². The Bertz CT molecular complexity index is 186. The Labute approximate surface area is 77.5 Å². The molecule has 5 heteroatoms. The molecule has 0 aromatic carbocycles. The normalized spacial score (nSPS) is 27.8. The third kappa shape index (κ3) is 2.32. The van der Waals surface area contributed by atoms with Gasteiger partial charge >= 0.3 is 6.09 Å². The van der Waals surface area contributed by atoms with E-state index in [0.29, 0.717) is 19.6 Å². The maximum absolute atomic E-state index is 11.3. The number of ether oxygens (including phenoxy) is 1. The summed E-state index contributed by atoms with van der Waals surface area (Å²) < 4.78 is 4.83. The number of hydrogen-bond acceptors (Lipinski definition) is 4. The second-order valence-corrected chi connectivity index (χ2v) is 3.18. The molecule has 3 N–H and O–H groups in total. The van der Waals surface area contributed by atoms with Crippen molar-refractivity contribution in [2.24, 2.45) is 5.73 Å². The number of hydrogen-bond donors (Lipinski definition) is 2. The summed E-state index contributed by atoms with van der Waals surface area (Å²) in [7, 11) is 0. The largest absolute Gasteiger partial charge is 0.450 e. The topological polar surface area (TPSA) is 75.8 Å². The maximum Gasteiger partial charge on any atom is 0.410 e. The molecule has 0 bridgehead atoms.